The summed E-state index contributed by atoms with van der Waals surface area (Å²) in [5, 5.41) is 0. The topological polar surface area (TPSA) is 52.6 Å². The Morgan fingerprint density at radius 1 is 0.643 bits per heavy atom. The molecule has 0 radical (unpaired) electrons. The summed E-state index contributed by atoms with van der Waals surface area (Å²) in [4.78, 5) is 26.7. The van der Waals surface area contributed by atoms with Crippen molar-refractivity contribution < 1.29 is 19.1 Å². The molecule has 0 aliphatic heterocycles. The van der Waals surface area contributed by atoms with E-state index in [1.54, 1.807) is 14.2 Å². The fourth-order valence-corrected chi connectivity index (χ4v) is 11.2. The van der Waals surface area contributed by atoms with Crippen LogP contribution in [0.4, 0.5) is 0 Å². The van der Waals surface area contributed by atoms with E-state index in [4.69, 9.17) is 9.47 Å². The first-order chi connectivity index (χ1) is 13.4. The molecule has 0 aromatic carbocycles. The highest BCUT2D eigenvalue weighted by Gasteiger charge is 2.84. The Morgan fingerprint density at radius 2 is 0.929 bits per heavy atom. The van der Waals surface area contributed by atoms with Gasteiger partial charge in [-0.2, -0.15) is 0 Å². The number of carbonyl (C=O) groups is 2. The van der Waals surface area contributed by atoms with E-state index in [1.807, 2.05) is 0 Å². The van der Waals surface area contributed by atoms with Gasteiger partial charge in [-0.05, 0) is 98.7 Å². The Balaban J connectivity index is 1.59. The first-order valence-corrected chi connectivity index (χ1v) is 11.6. The molecular formula is C24H34O4. The predicted molar refractivity (Wildman–Crippen MR) is 103 cm³/mol. The van der Waals surface area contributed by atoms with E-state index in [9.17, 15) is 9.59 Å². The Morgan fingerprint density at radius 3 is 1.18 bits per heavy atom. The van der Waals surface area contributed by atoms with Crippen molar-refractivity contribution in [2.45, 2.75) is 52.4 Å². The lowest BCUT2D eigenvalue weighted by Gasteiger charge is -2.40. The van der Waals surface area contributed by atoms with Crippen molar-refractivity contribution in [3.63, 3.8) is 0 Å². The summed E-state index contributed by atoms with van der Waals surface area (Å²) in [6.45, 7) is 4.52. The molecule has 6 rings (SSSR count). The van der Waals surface area contributed by atoms with Crippen molar-refractivity contribution >= 4 is 11.9 Å². The van der Waals surface area contributed by atoms with Crippen LogP contribution in [0.5, 0.6) is 0 Å². The zero-order valence-corrected chi connectivity index (χ0v) is 17.6. The number of hydrogen-bond acceptors (Lipinski definition) is 4. The van der Waals surface area contributed by atoms with E-state index in [2.05, 4.69) is 13.8 Å². The van der Waals surface area contributed by atoms with Gasteiger partial charge in [-0.3, -0.25) is 9.59 Å². The van der Waals surface area contributed by atoms with E-state index in [0.29, 0.717) is 59.2 Å². The SMILES string of the molecule is COC(=O)C1(C)[C@@H]2C3C4[C@H]1[C@H]1CCC[C@@H]1[C@H]4C(C)(C(=O)OC)[C@H]3[C@H]1CCC[C@@H]12. The molecule has 6 aliphatic carbocycles. The van der Waals surface area contributed by atoms with Gasteiger partial charge < -0.3 is 9.47 Å². The molecule has 2 unspecified atom stereocenters. The number of ether oxygens (including phenoxy) is 2. The summed E-state index contributed by atoms with van der Waals surface area (Å²) < 4.78 is 11.0. The summed E-state index contributed by atoms with van der Waals surface area (Å²) in [5.41, 5.74) is -0.711. The molecule has 4 nitrogen and oxygen atoms in total. The van der Waals surface area contributed by atoms with Crippen LogP contribution in [0.25, 0.3) is 0 Å². The van der Waals surface area contributed by atoms with Gasteiger partial charge in [0.15, 0.2) is 0 Å². The van der Waals surface area contributed by atoms with E-state index in [0.717, 1.165) is 0 Å². The summed E-state index contributed by atoms with van der Waals surface area (Å²) in [6.07, 6.45) is 7.40. The molecule has 0 spiro atoms. The Labute approximate surface area is 168 Å². The summed E-state index contributed by atoms with van der Waals surface area (Å²) >= 11 is 0. The maximum absolute atomic E-state index is 13.4. The number of hydrogen-bond donors (Lipinski definition) is 0. The molecule has 0 saturated heterocycles. The van der Waals surface area contributed by atoms with Gasteiger partial charge in [-0.1, -0.05) is 12.8 Å². The van der Waals surface area contributed by atoms with Crippen molar-refractivity contribution in [2.24, 2.45) is 70.0 Å². The van der Waals surface area contributed by atoms with Gasteiger partial charge in [0.1, 0.15) is 0 Å². The molecule has 6 aliphatic rings. The second-order valence-electron chi connectivity index (χ2n) is 11.3. The van der Waals surface area contributed by atoms with Crippen LogP contribution >= 0.6 is 0 Å². The molecule has 0 aromatic rings. The van der Waals surface area contributed by atoms with Crippen molar-refractivity contribution in [1.82, 2.24) is 0 Å². The largest absolute Gasteiger partial charge is 0.469 e. The zero-order valence-electron chi connectivity index (χ0n) is 17.6. The van der Waals surface area contributed by atoms with Gasteiger partial charge in [0.05, 0.1) is 25.0 Å². The number of esters is 2. The van der Waals surface area contributed by atoms with Crippen LogP contribution in [0.1, 0.15) is 52.4 Å². The molecule has 0 heterocycles. The summed E-state index contributed by atoms with van der Waals surface area (Å²) in [5.74, 6) is 5.10. The third-order valence-corrected chi connectivity index (χ3v) is 11.2. The van der Waals surface area contributed by atoms with Crippen molar-refractivity contribution in [3.8, 4) is 0 Å². The van der Waals surface area contributed by atoms with Gasteiger partial charge in [-0.15, -0.1) is 0 Å². The standard InChI is InChI=1S/C24H34O4/c1-23(21(25)27-3)17-11-7-5-9-13(11)19-15(17)16-18(23)12-8-6-10-14(12)20(16)24(19,2)22(26)28-4/h11-20H,5-10H2,1-4H3/t11-,12-,13-,14-,15?,16?,17-,18+,19-,20+,23?,24?/m0/s1. The molecule has 0 amide bonds. The predicted octanol–water partition coefficient (Wildman–Crippen LogP) is 3.93. The second-order valence-corrected chi connectivity index (χ2v) is 11.3. The minimum atomic E-state index is -0.356. The quantitative estimate of drug-likeness (QED) is 0.675. The Hall–Kier alpha value is -1.06. The molecule has 0 bridgehead atoms. The third-order valence-electron chi connectivity index (χ3n) is 11.2. The second kappa shape index (κ2) is 5.35. The molecule has 0 N–H and O–H groups in total. The van der Waals surface area contributed by atoms with Gasteiger partial charge in [0.2, 0.25) is 0 Å². The third kappa shape index (κ3) is 1.59. The highest BCUT2D eigenvalue weighted by Crippen LogP contribution is 2.84. The van der Waals surface area contributed by atoms with Crippen LogP contribution < -0.4 is 0 Å². The van der Waals surface area contributed by atoms with Crippen LogP contribution in [-0.4, -0.2) is 26.2 Å². The highest BCUT2D eigenvalue weighted by atomic mass is 16.5. The minimum absolute atomic E-state index is 0.0364. The average molecular weight is 387 g/mol. The maximum atomic E-state index is 13.4. The van der Waals surface area contributed by atoms with Crippen LogP contribution in [0, 0.1) is 70.0 Å². The van der Waals surface area contributed by atoms with Crippen LogP contribution in [0.2, 0.25) is 0 Å². The van der Waals surface area contributed by atoms with Gasteiger partial charge in [0.25, 0.3) is 0 Å². The fraction of sp³-hybridized carbons (Fsp3) is 0.917. The lowest BCUT2D eigenvalue weighted by atomic mass is 9.63. The van der Waals surface area contributed by atoms with Crippen LogP contribution in [0.3, 0.4) is 0 Å². The minimum Gasteiger partial charge on any atom is -0.469 e. The Kier molecular flexibility index (Phi) is 3.39. The fourth-order valence-electron chi connectivity index (χ4n) is 11.2. The van der Waals surface area contributed by atoms with E-state index >= 15 is 0 Å². The molecule has 4 heteroatoms. The molecule has 0 aromatic heterocycles. The van der Waals surface area contributed by atoms with Crippen molar-refractivity contribution in [1.29, 1.82) is 0 Å². The molecule has 6 fully saturated rings. The van der Waals surface area contributed by atoms with Crippen LogP contribution in [0.15, 0.2) is 0 Å². The molecule has 154 valence electrons. The van der Waals surface area contributed by atoms with Crippen LogP contribution in [-0.2, 0) is 19.1 Å². The number of fused-ring (bicyclic) bond motifs is 6. The normalized spacial score (nSPS) is 59.9. The average Bonchev–Trinajstić information content (AvgIpc) is 3.45. The van der Waals surface area contributed by atoms with E-state index < -0.39 is 0 Å². The lowest BCUT2D eigenvalue weighted by Crippen LogP contribution is -2.44. The van der Waals surface area contributed by atoms with Crippen molar-refractivity contribution in [2.75, 3.05) is 14.2 Å². The number of carbonyl (C=O) groups excluding carboxylic acids is 2. The highest BCUT2D eigenvalue weighted by molar-refractivity contribution is 5.81. The summed E-state index contributed by atoms with van der Waals surface area (Å²) in [7, 11) is 3.16. The zero-order chi connectivity index (χ0) is 19.6. The van der Waals surface area contributed by atoms with E-state index in [-0.39, 0.29) is 22.8 Å². The lowest BCUT2D eigenvalue weighted by molar-refractivity contribution is -0.160. The smallest absolute Gasteiger partial charge is 0.312 e. The number of rotatable bonds is 2. The molecule has 6 saturated carbocycles. The first kappa shape index (κ1) is 17.8. The molecule has 28 heavy (non-hydrogen) atoms. The summed E-state index contributed by atoms with van der Waals surface area (Å²) in [6, 6.07) is 0. The van der Waals surface area contributed by atoms with Gasteiger partial charge in [0, 0.05) is 0 Å². The number of methoxy groups -OCH3 is 2. The van der Waals surface area contributed by atoms with Gasteiger partial charge in [-0.25, -0.2) is 0 Å². The monoisotopic (exact) mass is 386 g/mol. The first-order valence-electron chi connectivity index (χ1n) is 11.6. The van der Waals surface area contributed by atoms with Crippen molar-refractivity contribution in [3.05, 3.63) is 0 Å². The maximum Gasteiger partial charge on any atom is 0.312 e. The Bertz CT molecular complexity index is 645. The molecular weight excluding hydrogens is 352 g/mol. The van der Waals surface area contributed by atoms with Gasteiger partial charge >= 0.3 is 11.9 Å². The molecule has 10 atom stereocenters. The van der Waals surface area contributed by atoms with E-state index in [1.165, 1.54) is 38.5 Å².